The smallest absolute Gasteiger partial charge is 0.0981 e. The number of hydrogen-bond donors (Lipinski definition) is 1. The second-order valence-electron chi connectivity index (χ2n) is 4.77. The summed E-state index contributed by atoms with van der Waals surface area (Å²) >= 11 is 0. The van der Waals surface area contributed by atoms with E-state index in [1.807, 2.05) is 6.08 Å². The Bertz CT molecular complexity index is 319. The average molecular weight is 220 g/mol. The molecule has 0 aromatic carbocycles. The summed E-state index contributed by atoms with van der Waals surface area (Å²) in [5, 5.41) is 9.79. The first-order valence-corrected chi connectivity index (χ1v) is 5.63. The molecule has 0 aromatic rings. The Kier molecular flexibility index (Phi) is 6.05. The van der Waals surface area contributed by atoms with Gasteiger partial charge in [0.2, 0.25) is 0 Å². The van der Waals surface area contributed by atoms with Crippen LogP contribution in [0.5, 0.6) is 0 Å². The Morgan fingerprint density at radius 1 is 1.25 bits per heavy atom. The van der Waals surface area contributed by atoms with Gasteiger partial charge in [-0.25, -0.2) is 0 Å². The van der Waals surface area contributed by atoms with Crippen molar-refractivity contribution in [2.24, 2.45) is 0 Å². The quantitative estimate of drug-likeness (QED) is 0.544. The summed E-state index contributed by atoms with van der Waals surface area (Å²) in [4.78, 5) is 0. The van der Waals surface area contributed by atoms with E-state index in [1.54, 1.807) is 13.0 Å². The molecule has 0 rings (SSSR count). The lowest BCUT2D eigenvalue weighted by atomic mass is 10.0. The van der Waals surface area contributed by atoms with Crippen LogP contribution in [-0.2, 0) is 0 Å². The molecule has 0 aliphatic carbocycles. The van der Waals surface area contributed by atoms with Crippen molar-refractivity contribution in [2.75, 3.05) is 0 Å². The highest BCUT2D eigenvalue weighted by Crippen LogP contribution is 2.15. The van der Waals surface area contributed by atoms with Gasteiger partial charge in [-0.15, -0.1) is 0 Å². The van der Waals surface area contributed by atoms with Crippen molar-refractivity contribution < 1.29 is 5.11 Å². The molecule has 1 nitrogen and oxygen atoms in total. The molecule has 1 atom stereocenters. The van der Waals surface area contributed by atoms with E-state index >= 15 is 0 Å². The average Bonchev–Trinajstić information content (AvgIpc) is 2.16. The highest BCUT2D eigenvalue weighted by atomic mass is 16.3. The lowest BCUT2D eigenvalue weighted by Gasteiger charge is -2.13. The molecule has 0 aliphatic rings. The molecule has 1 heteroatoms. The molecular weight excluding hydrogens is 196 g/mol. The van der Waals surface area contributed by atoms with E-state index in [0.29, 0.717) is 0 Å². The Morgan fingerprint density at radius 3 is 2.19 bits per heavy atom. The lowest BCUT2D eigenvalue weighted by Crippen LogP contribution is -2.15. The molecule has 0 amide bonds. The second-order valence-corrected chi connectivity index (χ2v) is 4.77. The topological polar surface area (TPSA) is 20.2 Å². The maximum Gasteiger partial charge on any atom is 0.0981 e. The van der Waals surface area contributed by atoms with Gasteiger partial charge in [-0.2, -0.15) is 0 Å². The Labute approximate surface area is 99.9 Å². The van der Waals surface area contributed by atoms with Crippen molar-refractivity contribution >= 4 is 0 Å². The van der Waals surface area contributed by atoms with Crippen LogP contribution in [-0.4, -0.2) is 10.7 Å². The fourth-order valence-electron chi connectivity index (χ4n) is 1.09. The van der Waals surface area contributed by atoms with Gasteiger partial charge in [-0.05, 0) is 52.7 Å². The van der Waals surface area contributed by atoms with Crippen LogP contribution < -0.4 is 0 Å². The third-order valence-electron chi connectivity index (χ3n) is 2.41. The number of aliphatic hydroxyl groups is 1. The van der Waals surface area contributed by atoms with Crippen molar-refractivity contribution in [1.82, 2.24) is 0 Å². The van der Waals surface area contributed by atoms with Gasteiger partial charge in [0, 0.05) is 0 Å². The van der Waals surface area contributed by atoms with Crippen LogP contribution in [0.3, 0.4) is 0 Å². The Hall–Kier alpha value is -1.08. The monoisotopic (exact) mass is 220 g/mol. The Balaban J connectivity index is 4.81. The summed E-state index contributed by atoms with van der Waals surface area (Å²) in [6.45, 7) is 13.7. The van der Waals surface area contributed by atoms with Crippen molar-refractivity contribution in [3.63, 3.8) is 0 Å². The van der Waals surface area contributed by atoms with Gasteiger partial charge in [0.05, 0.1) is 5.60 Å². The molecule has 1 unspecified atom stereocenters. The first kappa shape index (κ1) is 14.9. The van der Waals surface area contributed by atoms with Crippen LogP contribution in [0.4, 0.5) is 0 Å². The molecule has 0 bridgehead atoms. The molecule has 1 N–H and O–H groups in total. The van der Waals surface area contributed by atoms with Crippen LogP contribution in [0.1, 0.15) is 41.0 Å². The fraction of sp³-hybridized carbons (Fsp3) is 0.467. The van der Waals surface area contributed by atoms with Gasteiger partial charge in [-0.3, -0.25) is 0 Å². The maximum atomic E-state index is 9.79. The van der Waals surface area contributed by atoms with E-state index in [9.17, 15) is 5.11 Å². The van der Waals surface area contributed by atoms with Crippen LogP contribution in [0.15, 0.2) is 47.6 Å². The van der Waals surface area contributed by atoms with Crippen molar-refractivity contribution in [2.45, 2.75) is 46.6 Å². The van der Waals surface area contributed by atoms with E-state index in [1.165, 1.54) is 22.8 Å². The molecule has 0 radical (unpaired) electrons. The molecule has 90 valence electrons. The standard InChI is InChI=1S/C15H24O/c1-7-15(6,16)11-10-14(13(4)5)9-8-12(2)3/h7-8,10-11,16H,1,9H2,2-6H3/b11-10+. The minimum Gasteiger partial charge on any atom is -0.382 e. The van der Waals surface area contributed by atoms with Gasteiger partial charge in [0.1, 0.15) is 0 Å². The minimum atomic E-state index is -0.925. The molecule has 0 fully saturated rings. The highest BCUT2D eigenvalue weighted by Gasteiger charge is 2.09. The molecule has 0 aliphatic heterocycles. The van der Waals surface area contributed by atoms with Crippen LogP contribution in [0, 0.1) is 0 Å². The zero-order valence-corrected chi connectivity index (χ0v) is 11.2. The molecular formula is C15H24O. The predicted molar refractivity (Wildman–Crippen MR) is 72.4 cm³/mol. The van der Waals surface area contributed by atoms with Crippen LogP contribution in [0.25, 0.3) is 0 Å². The summed E-state index contributed by atoms with van der Waals surface area (Å²) in [5.41, 5.74) is 2.89. The van der Waals surface area contributed by atoms with Crippen molar-refractivity contribution in [1.29, 1.82) is 0 Å². The van der Waals surface area contributed by atoms with Crippen LogP contribution >= 0.6 is 0 Å². The summed E-state index contributed by atoms with van der Waals surface area (Å²) in [6, 6.07) is 0. The SMILES string of the molecule is C=CC(C)(O)/C=C/C(CC=C(C)C)=C(C)C. The molecule has 16 heavy (non-hydrogen) atoms. The van der Waals surface area contributed by atoms with Gasteiger partial charge < -0.3 is 5.11 Å². The third-order valence-corrected chi connectivity index (χ3v) is 2.41. The van der Waals surface area contributed by atoms with Gasteiger partial charge in [-0.1, -0.05) is 36.0 Å². The summed E-state index contributed by atoms with van der Waals surface area (Å²) in [7, 11) is 0. The predicted octanol–water partition coefficient (Wildman–Crippen LogP) is 4.17. The molecule has 0 spiro atoms. The fourth-order valence-corrected chi connectivity index (χ4v) is 1.09. The second kappa shape index (κ2) is 6.49. The van der Waals surface area contributed by atoms with Crippen molar-refractivity contribution in [3.05, 3.63) is 47.6 Å². The minimum absolute atomic E-state index is 0.911. The van der Waals surface area contributed by atoms with E-state index < -0.39 is 5.60 Å². The van der Waals surface area contributed by atoms with E-state index in [0.717, 1.165) is 6.42 Å². The summed E-state index contributed by atoms with van der Waals surface area (Å²) in [5.74, 6) is 0. The zero-order valence-electron chi connectivity index (χ0n) is 11.2. The molecule has 0 saturated carbocycles. The zero-order chi connectivity index (χ0) is 12.8. The highest BCUT2D eigenvalue weighted by molar-refractivity contribution is 5.29. The van der Waals surface area contributed by atoms with Gasteiger partial charge in [0.25, 0.3) is 0 Å². The maximum absolute atomic E-state index is 9.79. The van der Waals surface area contributed by atoms with E-state index in [2.05, 4.69) is 40.3 Å². The molecule has 0 saturated heterocycles. The van der Waals surface area contributed by atoms with Crippen molar-refractivity contribution in [3.8, 4) is 0 Å². The molecule has 0 aromatic heterocycles. The number of hydrogen-bond acceptors (Lipinski definition) is 1. The van der Waals surface area contributed by atoms with Gasteiger partial charge >= 0.3 is 0 Å². The lowest BCUT2D eigenvalue weighted by molar-refractivity contribution is 0.164. The van der Waals surface area contributed by atoms with E-state index in [-0.39, 0.29) is 0 Å². The Morgan fingerprint density at radius 2 is 1.81 bits per heavy atom. The largest absolute Gasteiger partial charge is 0.382 e. The third kappa shape index (κ3) is 6.41. The first-order valence-electron chi connectivity index (χ1n) is 5.63. The van der Waals surface area contributed by atoms with Gasteiger partial charge in [0.15, 0.2) is 0 Å². The van der Waals surface area contributed by atoms with E-state index in [4.69, 9.17) is 0 Å². The molecule has 0 heterocycles. The summed E-state index contributed by atoms with van der Waals surface area (Å²) < 4.78 is 0. The number of rotatable bonds is 5. The first-order chi connectivity index (χ1) is 7.28. The normalized spacial score (nSPS) is 14.4. The summed E-state index contributed by atoms with van der Waals surface area (Å²) in [6.07, 6.45) is 8.40. The van der Waals surface area contributed by atoms with Crippen LogP contribution in [0.2, 0.25) is 0 Å². The number of allylic oxidation sites excluding steroid dienone is 5.